The van der Waals surface area contributed by atoms with E-state index in [1.807, 2.05) is 4.72 Å². The highest BCUT2D eigenvalue weighted by molar-refractivity contribution is 7.92. The van der Waals surface area contributed by atoms with Gasteiger partial charge in [0.05, 0.1) is 28.2 Å². The van der Waals surface area contributed by atoms with Gasteiger partial charge in [-0.3, -0.25) is 9.52 Å². The molecular weight excluding hydrogens is 462 g/mol. The van der Waals surface area contributed by atoms with Crippen LogP contribution in [0.15, 0.2) is 36.4 Å². The molecule has 0 aliphatic rings. The fourth-order valence-corrected chi connectivity index (χ4v) is 3.40. The number of nitrogens with one attached hydrogen (secondary N) is 3. The highest BCUT2D eigenvalue weighted by Gasteiger charge is 2.31. The summed E-state index contributed by atoms with van der Waals surface area (Å²) in [5.74, 6) is -1.73. The Morgan fingerprint density at radius 3 is 2.23 bits per heavy atom. The number of rotatable bonds is 7. The Kier molecular flexibility index (Phi) is 7.43. The lowest BCUT2D eigenvalue weighted by atomic mass is 10.0. The lowest BCUT2D eigenvalue weighted by molar-refractivity contribution is -0.137. The molecule has 0 bridgehead atoms. The Morgan fingerprint density at radius 1 is 1.06 bits per heavy atom. The minimum atomic E-state index is -4.56. The smallest absolute Gasteiger partial charge is 0.372 e. The molecule has 0 aliphatic carbocycles. The van der Waals surface area contributed by atoms with Crippen molar-refractivity contribution in [2.45, 2.75) is 26.1 Å². The minimum Gasteiger partial charge on any atom is -0.372 e. The van der Waals surface area contributed by atoms with E-state index < -0.39 is 39.5 Å². The van der Waals surface area contributed by atoms with Crippen LogP contribution in [-0.2, 0) is 21.0 Å². The summed E-state index contributed by atoms with van der Waals surface area (Å²) in [6, 6.07) is 5.13. The second-order valence-corrected chi connectivity index (χ2v) is 9.27. The molecule has 1 amide bonds. The lowest BCUT2D eigenvalue weighted by Crippen LogP contribution is -2.39. The van der Waals surface area contributed by atoms with Crippen LogP contribution in [0.1, 0.15) is 19.4 Å². The summed E-state index contributed by atoms with van der Waals surface area (Å²) >= 11 is 5.95. The van der Waals surface area contributed by atoms with Crippen molar-refractivity contribution >= 4 is 44.6 Å². The molecule has 0 spiro atoms. The summed E-state index contributed by atoms with van der Waals surface area (Å²) in [4.78, 5) is 12.7. The van der Waals surface area contributed by atoms with Crippen molar-refractivity contribution in [2.75, 3.05) is 21.6 Å². The van der Waals surface area contributed by atoms with Gasteiger partial charge in [-0.1, -0.05) is 25.4 Å². The summed E-state index contributed by atoms with van der Waals surface area (Å²) in [5, 5.41) is 5.13. The molecular formula is C19H20ClF4N3O3S. The zero-order valence-corrected chi connectivity index (χ0v) is 18.2. The third-order valence-corrected chi connectivity index (χ3v) is 4.99. The normalized spacial score (nSPS) is 13.1. The number of carbonyl (C=O) groups is 1. The van der Waals surface area contributed by atoms with E-state index in [2.05, 4.69) is 10.6 Å². The maximum absolute atomic E-state index is 13.8. The van der Waals surface area contributed by atoms with Crippen LogP contribution < -0.4 is 15.4 Å². The number of anilines is 3. The fourth-order valence-electron chi connectivity index (χ4n) is 2.61. The number of sulfonamides is 1. The van der Waals surface area contributed by atoms with Gasteiger partial charge >= 0.3 is 6.18 Å². The second-order valence-electron chi connectivity index (χ2n) is 7.12. The number of carbonyl (C=O) groups excluding carboxylic acids is 1. The molecule has 3 N–H and O–H groups in total. The zero-order chi connectivity index (χ0) is 23.6. The molecule has 0 radical (unpaired) electrons. The molecule has 1 unspecified atom stereocenters. The number of hydrogen-bond donors (Lipinski definition) is 3. The van der Waals surface area contributed by atoms with Crippen LogP contribution in [0.25, 0.3) is 0 Å². The van der Waals surface area contributed by atoms with Crippen molar-refractivity contribution in [2.24, 2.45) is 5.92 Å². The first-order valence-electron chi connectivity index (χ1n) is 8.89. The monoisotopic (exact) mass is 481 g/mol. The van der Waals surface area contributed by atoms with Gasteiger partial charge in [0, 0.05) is 5.69 Å². The SMILES string of the molecule is CC(C)C(Nc1ccc(C(F)(F)F)cc1Cl)C(=O)Nc1ccc(F)c(NS(C)(=O)=O)c1. The predicted octanol–water partition coefficient (Wildman–Crippen LogP) is 4.94. The highest BCUT2D eigenvalue weighted by atomic mass is 35.5. The van der Waals surface area contributed by atoms with Gasteiger partial charge in [0.2, 0.25) is 15.9 Å². The van der Waals surface area contributed by atoms with Crippen LogP contribution in [0.3, 0.4) is 0 Å². The molecule has 0 fully saturated rings. The van der Waals surface area contributed by atoms with Crippen LogP contribution in [-0.4, -0.2) is 26.6 Å². The van der Waals surface area contributed by atoms with Crippen molar-refractivity contribution in [3.63, 3.8) is 0 Å². The summed E-state index contributed by atoms with van der Waals surface area (Å²) in [7, 11) is -3.74. The van der Waals surface area contributed by atoms with Crippen molar-refractivity contribution in [1.82, 2.24) is 0 Å². The maximum Gasteiger partial charge on any atom is 0.416 e. The Bertz CT molecular complexity index is 1080. The van der Waals surface area contributed by atoms with E-state index in [0.29, 0.717) is 0 Å². The maximum atomic E-state index is 13.8. The van der Waals surface area contributed by atoms with Crippen molar-refractivity contribution in [3.05, 3.63) is 52.8 Å². The lowest BCUT2D eigenvalue weighted by Gasteiger charge is -2.24. The molecule has 31 heavy (non-hydrogen) atoms. The minimum absolute atomic E-state index is 0.114. The van der Waals surface area contributed by atoms with Gasteiger partial charge in [-0.2, -0.15) is 13.2 Å². The van der Waals surface area contributed by atoms with E-state index >= 15 is 0 Å². The van der Waals surface area contributed by atoms with Crippen molar-refractivity contribution in [3.8, 4) is 0 Å². The van der Waals surface area contributed by atoms with Crippen LogP contribution in [0.2, 0.25) is 5.02 Å². The van der Waals surface area contributed by atoms with E-state index in [0.717, 1.165) is 36.6 Å². The standard InChI is InChI=1S/C19H20ClF4N3O3S/c1-10(2)17(26-15-7-4-11(8-13(15)20)19(22,23)24)18(28)25-12-5-6-14(21)16(9-12)27-31(3,29)30/h4-10,17,26-27H,1-3H3,(H,25,28). The van der Waals surface area contributed by atoms with Crippen LogP contribution in [0.5, 0.6) is 0 Å². The Balaban J connectivity index is 2.23. The zero-order valence-electron chi connectivity index (χ0n) is 16.6. The number of amides is 1. The third-order valence-electron chi connectivity index (χ3n) is 4.09. The van der Waals surface area contributed by atoms with E-state index in [4.69, 9.17) is 11.6 Å². The highest BCUT2D eigenvalue weighted by Crippen LogP contribution is 2.34. The molecule has 0 saturated heterocycles. The van der Waals surface area contributed by atoms with Gasteiger partial charge < -0.3 is 10.6 Å². The molecule has 2 aromatic rings. The van der Waals surface area contributed by atoms with Gasteiger partial charge in [0.1, 0.15) is 11.9 Å². The average Bonchev–Trinajstić information content (AvgIpc) is 2.61. The molecule has 0 heterocycles. The van der Waals surface area contributed by atoms with Gasteiger partial charge in [-0.25, -0.2) is 12.8 Å². The largest absolute Gasteiger partial charge is 0.416 e. The second kappa shape index (κ2) is 9.31. The van der Waals surface area contributed by atoms with E-state index in [9.17, 15) is 30.8 Å². The molecule has 6 nitrogen and oxygen atoms in total. The predicted molar refractivity (Wildman–Crippen MR) is 112 cm³/mol. The van der Waals surface area contributed by atoms with Crippen molar-refractivity contribution < 1.29 is 30.8 Å². The molecule has 12 heteroatoms. The van der Waals surface area contributed by atoms with E-state index in [-0.39, 0.29) is 28.0 Å². The Labute approximate surface area is 182 Å². The van der Waals surface area contributed by atoms with Gasteiger partial charge in [-0.15, -0.1) is 0 Å². The van der Waals surface area contributed by atoms with Gasteiger partial charge in [-0.05, 0) is 42.3 Å². The number of halogens is 5. The van der Waals surface area contributed by atoms with Crippen LogP contribution in [0.4, 0.5) is 34.6 Å². The number of alkyl halides is 3. The van der Waals surface area contributed by atoms with Crippen LogP contribution >= 0.6 is 11.6 Å². The topological polar surface area (TPSA) is 87.3 Å². The third kappa shape index (κ3) is 7.00. The van der Waals surface area contributed by atoms with Crippen LogP contribution in [0, 0.1) is 11.7 Å². The molecule has 1 atom stereocenters. The summed E-state index contributed by atoms with van der Waals surface area (Å²) in [6.07, 6.45) is -3.71. The molecule has 2 rings (SSSR count). The molecule has 0 aliphatic heterocycles. The molecule has 0 saturated carbocycles. The summed E-state index contributed by atoms with van der Waals surface area (Å²) in [6.45, 7) is 3.41. The summed E-state index contributed by atoms with van der Waals surface area (Å²) < 4.78 is 77.0. The first kappa shape index (κ1) is 24.7. The van der Waals surface area contributed by atoms with Crippen molar-refractivity contribution in [1.29, 1.82) is 0 Å². The first-order chi connectivity index (χ1) is 14.2. The van der Waals surface area contributed by atoms with E-state index in [1.54, 1.807) is 13.8 Å². The molecule has 170 valence electrons. The van der Waals surface area contributed by atoms with Gasteiger partial charge in [0.15, 0.2) is 0 Å². The summed E-state index contributed by atoms with van der Waals surface area (Å²) in [5.41, 5.74) is -1.03. The van der Waals surface area contributed by atoms with Gasteiger partial charge in [0.25, 0.3) is 0 Å². The molecule has 2 aromatic carbocycles. The number of hydrogen-bond acceptors (Lipinski definition) is 4. The fraction of sp³-hybridized carbons (Fsp3) is 0.316. The Hall–Kier alpha value is -2.53. The number of benzene rings is 2. The first-order valence-corrected chi connectivity index (χ1v) is 11.2. The average molecular weight is 482 g/mol. The quantitative estimate of drug-likeness (QED) is 0.489. The Morgan fingerprint density at radius 2 is 1.71 bits per heavy atom. The molecule has 0 aromatic heterocycles. The van der Waals surface area contributed by atoms with E-state index in [1.165, 1.54) is 6.07 Å².